The van der Waals surface area contributed by atoms with Gasteiger partial charge in [0.25, 0.3) is 0 Å². The van der Waals surface area contributed by atoms with Gasteiger partial charge in [0.05, 0.1) is 0 Å². The van der Waals surface area contributed by atoms with E-state index in [9.17, 15) is 5.11 Å². The van der Waals surface area contributed by atoms with Crippen LogP contribution in [0.1, 0.15) is 18.4 Å². The Morgan fingerprint density at radius 1 is 1.33 bits per heavy atom. The highest BCUT2D eigenvalue weighted by Gasteiger charge is 2.36. The molecule has 3 N–H and O–H groups in total. The lowest BCUT2D eigenvalue weighted by Gasteiger charge is -2.35. The molecule has 1 aromatic carbocycles. The average Bonchev–Trinajstić information content (AvgIpc) is 2.61. The number of hydrogen-bond acceptors (Lipinski definition) is 3. The maximum Gasteiger partial charge on any atom is 0.120 e. The van der Waals surface area contributed by atoms with Crippen LogP contribution in [0.25, 0.3) is 0 Å². The number of anilines is 1. The number of nitrogens with zero attached hydrogens (tertiary/aromatic N) is 1. The van der Waals surface area contributed by atoms with Gasteiger partial charge in [0, 0.05) is 29.9 Å². The van der Waals surface area contributed by atoms with Crippen LogP contribution >= 0.6 is 0 Å². The summed E-state index contributed by atoms with van der Waals surface area (Å²) in [5.74, 6) is 0.437. The predicted octanol–water partition coefficient (Wildman–Crippen LogP) is 1.24. The first-order valence-corrected chi connectivity index (χ1v) is 5.60. The second-order valence-corrected chi connectivity index (χ2v) is 4.53. The number of phenols is 1. The summed E-state index contributed by atoms with van der Waals surface area (Å²) < 4.78 is 0. The molecule has 1 fully saturated rings. The molecule has 2 aliphatic rings. The van der Waals surface area contributed by atoms with E-state index in [1.807, 2.05) is 6.07 Å². The lowest BCUT2D eigenvalue weighted by Crippen LogP contribution is -2.42. The van der Waals surface area contributed by atoms with Crippen LogP contribution in [0.3, 0.4) is 0 Å². The topological polar surface area (TPSA) is 49.5 Å². The van der Waals surface area contributed by atoms with Crippen LogP contribution < -0.4 is 10.6 Å². The van der Waals surface area contributed by atoms with Crippen molar-refractivity contribution in [3.05, 3.63) is 23.8 Å². The van der Waals surface area contributed by atoms with Crippen molar-refractivity contribution < 1.29 is 5.11 Å². The summed E-state index contributed by atoms with van der Waals surface area (Å²) in [4.78, 5) is 2.36. The summed E-state index contributed by atoms with van der Waals surface area (Å²) >= 11 is 0. The third-order valence-electron chi connectivity index (χ3n) is 3.72. The first kappa shape index (κ1) is 9.04. The summed E-state index contributed by atoms with van der Waals surface area (Å²) in [6, 6.07) is 6.58. The quantitative estimate of drug-likeness (QED) is 0.668. The van der Waals surface area contributed by atoms with Crippen molar-refractivity contribution in [3.8, 4) is 5.75 Å². The molecule has 3 heteroatoms. The summed E-state index contributed by atoms with van der Waals surface area (Å²) in [7, 11) is 0. The highest BCUT2D eigenvalue weighted by atomic mass is 16.3. The van der Waals surface area contributed by atoms with Gasteiger partial charge >= 0.3 is 0 Å². The Morgan fingerprint density at radius 3 is 3.07 bits per heavy atom. The molecule has 2 atom stereocenters. The van der Waals surface area contributed by atoms with E-state index in [1.165, 1.54) is 5.69 Å². The molecule has 2 aliphatic heterocycles. The highest BCUT2D eigenvalue weighted by Crippen LogP contribution is 2.39. The van der Waals surface area contributed by atoms with Crippen LogP contribution in [0.5, 0.6) is 5.75 Å². The van der Waals surface area contributed by atoms with Gasteiger partial charge in [-0.2, -0.15) is 0 Å². The lowest BCUT2D eigenvalue weighted by atomic mass is 9.94. The van der Waals surface area contributed by atoms with E-state index in [-0.39, 0.29) is 0 Å². The van der Waals surface area contributed by atoms with E-state index in [2.05, 4.69) is 11.0 Å². The Balaban J connectivity index is 2.06. The number of benzene rings is 1. The SMILES string of the molecule is NC1CCN2c3cccc(O)c3CCC12. The summed E-state index contributed by atoms with van der Waals surface area (Å²) in [6.45, 7) is 1.03. The van der Waals surface area contributed by atoms with Crippen molar-refractivity contribution in [1.82, 2.24) is 0 Å². The minimum Gasteiger partial charge on any atom is -0.508 e. The van der Waals surface area contributed by atoms with Crippen molar-refractivity contribution >= 4 is 5.69 Å². The molecule has 0 aromatic heterocycles. The molecular formula is C12H16N2O. The third-order valence-corrected chi connectivity index (χ3v) is 3.72. The minimum absolute atomic E-state index is 0.306. The molecule has 0 aliphatic carbocycles. The number of hydrogen-bond donors (Lipinski definition) is 2. The molecule has 3 rings (SSSR count). The molecular weight excluding hydrogens is 188 g/mol. The zero-order valence-corrected chi connectivity index (χ0v) is 8.69. The predicted molar refractivity (Wildman–Crippen MR) is 60.2 cm³/mol. The lowest BCUT2D eigenvalue weighted by molar-refractivity contribution is 0.456. The van der Waals surface area contributed by atoms with Crippen molar-refractivity contribution in [3.63, 3.8) is 0 Å². The Labute approximate surface area is 89.5 Å². The van der Waals surface area contributed by atoms with Crippen molar-refractivity contribution in [1.29, 1.82) is 0 Å². The first-order valence-electron chi connectivity index (χ1n) is 5.60. The summed E-state index contributed by atoms with van der Waals surface area (Å²) in [5.41, 5.74) is 8.37. The normalized spacial score (nSPS) is 28.7. The second-order valence-electron chi connectivity index (χ2n) is 4.53. The second kappa shape index (κ2) is 3.14. The molecule has 0 saturated carbocycles. The van der Waals surface area contributed by atoms with Crippen LogP contribution in [0.15, 0.2) is 18.2 Å². The van der Waals surface area contributed by atoms with Gasteiger partial charge in [-0.25, -0.2) is 0 Å². The van der Waals surface area contributed by atoms with Gasteiger partial charge in [0.2, 0.25) is 0 Å². The van der Waals surface area contributed by atoms with E-state index in [4.69, 9.17) is 5.73 Å². The van der Waals surface area contributed by atoms with Gasteiger partial charge in [-0.3, -0.25) is 0 Å². The van der Waals surface area contributed by atoms with Gasteiger partial charge in [-0.05, 0) is 31.4 Å². The molecule has 0 radical (unpaired) electrons. The fourth-order valence-corrected chi connectivity index (χ4v) is 2.93. The molecule has 1 saturated heterocycles. The van der Waals surface area contributed by atoms with Crippen LogP contribution in [0.4, 0.5) is 5.69 Å². The largest absolute Gasteiger partial charge is 0.508 e. The van der Waals surface area contributed by atoms with Crippen LogP contribution in [-0.2, 0) is 6.42 Å². The zero-order chi connectivity index (χ0) is 10.4. The molecule has 15 heavy (non-hydrogen) atoms. The minimum atomic E-state index is 0.306. The molecule has 0 bridgehead atoms. The molecule has 0 spiro atoms. The Kier molecular flexibility index (Phi) is 1.89. The number of rotatable bonds is 0. The van der Waals surface area contributed by atoms with Crippen LogP contribution in [-0.4, -0.2) is 23.7 Å². The van der Waals surface area contributed by atoms with Gasteiger partial charge in [-0.1, -0.05) is 6.07 Å². The fourth-order valence-electron chi connectivity index (χ4n) is 2.93. The Hall–Kier alpha value is -1.22. The third kappa shape index (κ3) is 1.23. The average molecular weight is 204 g/mol. The molecule has 3 nitrogen and oxygen atoms in total. The van der Waals surface area contributed by atoms with E-state index >= 15 is 0 Å². The zero-order valence-electron chi connectivity index (χ0n) is 8.69. The van der Waals surface area contributed by atoms with E-state index in [0.29, 0.717) is 17.8 Å². The fraction of sp³-hybridized carbons (Fsp3) is 0.500. The van der Waals surface area contributed by atoms with Crippen molar-refractivity contribution in [2.45, 2.75) is 31.3 Å². The maximum atomic E-state index is 9.78. The first-order chi connectivity index (χ1) is 7.27. The molecule has 0 amide bonds. The number of aromatic hydroxyl groups is 1. The van der Waals surface area contributed by atoms with E-state index in [0.717, 1.165) is 31.4 Å². The Bertz CT molecular complexity index is 391. The summed E-state index contributed by atoms with van der Waals surface area (Å²) in [6.07, 6.45) is 3.10. The maximum absolute atomic E-state index is 9.78. The molecule has 1 aromatic rings. The highest BCUT2D eigenvalue weighted by molar-refractivity contribution is 5.62. The summed E-state index contributed by atoms with van der Waals surface area (Å²) in [5, 5.41) is 9.78. The molecule has 2 heterocycles. The van der Waals surface area contributed by atoms with E-state index < -0.39 is 0 Å². The smallest absolute Gasteiger partial charge is 0.120 e. The van der Waals surface area contributed by atoms with Crippen LogP contribution in [0.2, 0.25) is 0 Å². The Morgan fingerprint density at radius 2 is 2.20 bits per heavy atom. The monoisotopic (exact) mass is 204 g/mol. The van der Waals surface area contributed by atoms with Crippen molar-refractivity contribution in [2.24, 2.45) is 5.73 Å². The number of nitrogens with two attached hydrogens (primary N) is 1. The van der Waals surface area contributed by atoms with Gasteiger partial charge < -0.3 is 15.7 Å². The molecule has 80 valence electrons. The van der Waals surface area contributed by atoms with Crippen LogP contribution in [0, 0.1) is 0 Å². The van der Waals surface area contributed by atoms with E-state index in [1.54, 1.807) is 6.07 Å². The van der Waals surface area contributed by atoms with Gasteiger partial charge in [-0.15, -0.1) is 0 Å². The van der Waals surface area contributed by atoms with Crippen molar-refractivity contribution in [2.75, 3.05) is 11.4 Å². The van der Waals surface area contributed by atoms with Gasteiger partial charge in [0.15, 0.2) is 0 Å². The molecule has 2 unspecified atom stereocenters. The van der Waals surface area contributed by atoms with Gasteiger partial charge in [0.1, 0.15) is 5.75 Å². The standard InChI is InChI=1S/C12H16N2O/c13-9-6-7-14-10-2-1-3-12(15)8(10)4-5-11(9)14/h1-3,9,11,15H,4-7,13H2. The number of phenolic OH excluding ortho intramolecular Hbond substituents is 1. The number of fused-ring (bicyclic) bond motifs is 3.